The fourth-order valence-corrected chi connectivity index (χ4v) is 2.28. The number of hydrogen-bond acceptors (Lipinski definition) is 2. The lowest BCUT2D eigenvalue weighted by Crippen LogP contribution is -2.46. The minimum Gasteiger partial charge on any atom is -0.329 e. The number of likely N-dealkylation sites (tertiary alicyclic amines) is 1. The molecule has 1 heterocycles. The van der Waals surface area contributed by atoms with Gasteiger partial charge >= 0.3 is 0 Å². The number of hydrogen-bond donors (Lipinski definition) is 1. The minimum atomic E-state index is 0.458. The van der Waals surface area contributed by atoms with E-state index in [1.165, 1.54) is 38.8 Å². The van der Waals surface area contributed by atoms with Gasteiger partial charge in [0.15, 0.2) is 0 Å². The summed E-state index contributed by atoms with van der Waals surface area (Å²) in [5, 5.41) is 0. The van der Waals surface area contributed by atoms with Crippen LogP contribution in [0.4, 0.5) is 0 Å². The number of piperidine rings is 1. The Bertz CT molecular complexity index is 155. The smallest absolute Gasteiger partial charge is 0.0333 e. The Balaban J connectivity index is 1.89. The van der Waals surface area contributed by atoms with Crippen molar-refractivity contribution in [2.45, 2.75) is 38.1 Å². The SMILES string of the molecule is CC1CCN(C2(CN)CC2)CC1. The van der Waals surface area contributed by atoms with Gasteiger partial charge in [0.1, 0.15) is 0 Å². The summed E-state index contributed by atoms with van der Waals surface area (Å²) >= 11 is 0. The van der Waals surface area contributed by atoms with E-state index in [4.69, 9.17) is 5.73 Å². The third kappa shape index (κ3) is 1.38. The van der Waals surface area contributed by atoms with Gasteiger partial charge < -0.3 is 5.73 Å². The molecule has 0 aromatic rings. The molecule has 0 aromatic carbocycles. The maximum atomic E-state index is 5.79. The van der Waals surface area contributed by atoms with Crippen LogP contribution in [0.5, 0.6) is 0 Å². The van der Waals surface area contributed by atoms with Crippen LogP contribution in [0.15, 0.2) is 0 Å². The van der Waals surface area contributed by atoms with E-state index in [9.17, 15) is 0 Å². The van der Waals surface area contributed by atoms with Crippen molar-refractivity contribution >= 4 is 0 Å². The number of rotatable bonds is 2. The third-order valence-electron chi connectivity index (χ3n) is 3.66. The quantitative estimate of drug-likeness (QED) is 0.671. The predicted molar refractivity (Wildman–Crippen MR) is 51.0 cm³/mol. The van der Waals surface area contributed by atoms with Crippen molar-refractivity contribution < 1.29 is 0 Å². The first-order chi connectivity index (χ1) is 5.77. The van der Waals surface area contributed by atoms with E-state index in [2.05, 4.69) is 11.8 Å². The third-order valence-corrected chi connectivity index (χ3v) is 3.66. The molecule has 2 fully saturated rings. The molecule has 12 heavy (non-hydrogen) atoms. The second-order valence-electron chi connectivity index (χ2n) is 4.60. The Hall–Kier alpha value is -0.0800. The molecule has 0 amide bonds. The molecule has 2 N–H and O–H groups in total. The second-order valence-corrected chi connectivity index (χ2v) is 4.60. The topological polar surface area (TPSA) is 29.3 Å². The maximum Gasteiger partial charge on any atom is 0.0333 e. The van der Waals surface area contributed by atoms with E-state index in [-0.39, 0.29) is 0 Å². The number of nitrogens with two attached hydrogens (primary N) is 1. The van der Waals surface area contributed by atoms with Crippen LogP contribution in [-0.2, 0) is 0 Å². The zero-order valence-corrected chi connectivity index (χ0v) is 8.05. The fourth-order valence-electron chi connectivity index (χ4n) is 2.28. The molecule has 0 radical (unpaired) electrons. The number of nitrogens with zero attached hydrogens (tertiary/aromatic N) is 1. The van der Waals surface area contributed by atoms with Crippen LogP contribution in [0, 0.1) is 5.92 Å². The summed E-state index contributed by atoms with van der Waals surface area (Å²) in [6.07, 6.45) is 5.44. The van der Waals surface area contributed by atoms with Crippen molar-refractivity contribution in [2.24, 2.45) is 11.7 Å². The van der Waals surface area contributed by atoms with Crippen molar-refractivity contribution in [1.29, 1.82) is 0 Å². The normalized spacial score (nSPS) is 30.5. The van der Waals surface area contributed by atoms with Crippen molar-refractivity contribution in [1.82, 2.24) is 4.90 Å². The molecule has 1 saturated carbocycles. The van der Waals surface area contributed by atoms with Crippen LogP contribution in [0.3, 0.4) is 0 Å². The molecule has 2 heteroatoms. The van der Waals surface area contributed by atoms with E-state index in [0.717, 1.165) is 12.5 Å². The average Bonchev–Trinajstić information content (AvgIpc) is 2.86. The summed E-state index contributed by atoms with van der Waals surface area (Å²) in [7, 11) is 0. The molecule has 0 bridgehead atoms. The molecular weight excluding hydrogens is 148 g/mol. The molecule has 2 nitrogen and oxygen atoms in total. The van der Waals surface area contributed by atoms with Crippen molar-refractivity contribution in [3.8, 4) is 0 Å². The highest BCUT2D eigenvalue weighted by atomic mass is 15.2. The molecule has 2 aliphatic rings. The van der Waals surface area contributed by atoms with E-state index in [1.807, 2.05) is 0 Å². The Kier molecular flexibility index (Phi) is 2.13. The average molecular weight is 168 g/mol. The largest absolute Gasteiger partial charge is 0.329 e. The van der Waals surface area contributed by atoms with Crippen molar-refractivity contribution in [3.63, 3.8) is 0 Å². The lowest BCUT2D eigenvalue weighted by molar-refractivity contribution is 0.126. The fraction of sp³-hybridized carbons (Fsp3) is 1.00. The van der Waals surface area contributed by atoms with Gasteiger partial charge in [-0.3, -0.25) is 4.90 Å². The zero-order valence-electron chi connectivity index (χ0n) is 8.05. The Morgan fingerprint density at radius 3 is 2.33 bits per heavy atom. The van der Waals surface area contributed by atoms with Gasteiger partial charge in [0, 0.05) is 12.1 Å². The molecule has 1 aliphatic heterocycles. The predicted octanol–water partition coefficient (Wildman–Crippen LogP) is 1.21. The highest BCUT2D eigenvalue weighted by Gasteiger charge is 2.46. The summed E-state index contributed by atoms with van der Waals surface area (Å²) in [4.78, 5) is 2.63. The summed E-state index contributed by atoms with van der Waals surface area (Å²) in [5.41, 5.74) is 6.25. The maximum absolute atomic E-state index is 5.79. The molecule has 0 atom stereocenters. The van der Waals surface area contributed by atoms with E-state index in [1.54, 1.807) is 0 Å². The van der Waals surface area contributed by atoms with E-state index >= 15 is 0 Å². The van der Waals surface area contributed by atoms with Crippen LogP contribution in [-0.4, -0.2) is 30.1 Å². The molecule has 1 saturated heterocycles. The van der Waals surface area contributed by atoms with Crippen LogP contribution in [0.1, 0.15) is 32.6 Å². The molecular formula is C10H20N2. The Morgan fingerprint density at radius 1 is 1.33 bits per heavy atom. The Labute approximate surface area is 75.1 Å². The second kappa shape index (κ2) is 3.00. The van der Waals surface area contributed by atoms with Crippen LogP contribution in [0.25, 0.3) is 0 Å². The summed E-state index contributed by atoms with van der Waals surface area (Å²) in [5.74, 6) is 0.940. The van der Waals surface area contributed by atoms with Gasteiger partial charge in [-0.2, -0.15) is 0 Å². The Morgan fingerprint density at radius 2 is 1.92 bits per heavy atom. The monoisotopic (exact) mass is 168 g/mol. The highest BCUT2D eigenvalue weighted by Crippen LogP contribution is 2.42. The molecule has 0 aromatic heterocycles. The lowest BCUT2D eigenvalue weighted by atomic mass is 9.97. The summed E-state index contributed by atoms with van der Waals surface area (Å²) < 4.78 is 0. The van der Waals surface area contributed by atoms with E-state index in [0.29, 0.717) is 5.54 Å². The summed E-state index contributed by atoms with van der Waals surface area (Å²) in [6.45, 7) is 5.82. The van der Waals surface area contributed by atoms with E-state index < -0.39 is 0 Å². The molecule has 0 unspecified atom stereocenters. The van der Waals surface area contributed by atoms with Gasteiger partial charge in [-0.15, -0.1) is 0 Å². The first-order valence-electron chi connectivity index (χ1n) is 5.22. The minimum absolute atomic E-state index is 0.458. The van der Waals surface area contributed by atoms with Gasteiger partial charge in [-0.1, -0.05) is 6.92 Å². The van der Waals surface area contributed by atoms with Gasteiger partial charge in [-0.05, 0) is 44.7 Å². The van der Waals surface area contributed by atoms with Gasteiger partial charge in [-0.25, -0.2) is 0 Å². The molecule has 2 rings (SSSR count). The molecule has 0 spiro atoms. The standard InChI is InChI=1S/C10H20N2/c1-9-2-6-12(7-3-9)10(8-11)4-5-10/h9H,2-8,11H2,1H3. The van der Waals surface area contributed by atoms with Crippen molar-refractivity contribution in [3.05, 3.63) is 0 Å². The molecule has 1 aliphatic carbocycles. The van der Waals surface area contributed by atoms with Crippen molar-refractivity contribution in [2.75, 3.05) is 19.6 Å². The van der Waals surface area contributed by atoms with Gasteiger partial charge in [0.05, 0.1) is 0 Å². The first kappa shape index (κ1) is 8.52. The van der Waals surface area contributed by atoms with Crippen LogP contribution in [0.2, 0.25) is 0 Å². The van der Waals surface area contributed by atoms with Gasteiger partial charge in [0.25, 0.3) is 0 Å². The molecule has 70 valence electrons. The highest BCUT2D eigenvalue weighted by molar-refractivity contribution is 5.05. The zero-order chi connectivity index (χ0) is 8.60. The first-order valence-corrected chi connectivity index (χ1v) is 5.22. The summed E-state index contributed by atoms with van der Waals surface area (Å²) in [6, 6.07) is 0. The van der Waals surface area contributed by atoms with Gasteiger partial charge in [0.2, 0.25) is 0 Å². The lowest BCUT2D eigenvalue weighted by Gasteiger charge is -2.36. The van der Waals surface area contributed by atoms with Crippen LogP contribution >= 0.6 is 0 Å². The van der Waals surface area contributed by atoms with Crippen LogP contribution < -0.4 is 5.73 Å².